The summed E-state index contributed by atoms with van der Waals surface area (Å²) in [4.78, 5) is 47.8. The Morgan fingerprint density at radius 1 is 1.25 bits per heavy atom. The molecule has 0 aromatic carbocycles. The number of amides is 2. The van der Waals surface area contributed by atoms with Gasteiger partial charge >= 0.3 is 11.9 Å². The number of carbonyl (C=O) groups is 4. The van der Waals surface area contributed by atoms with Crippen LogP contribution in [0.25, 0.3) is 0 Å². The fourth-order valence-corrected chi connectivity index (χ4v) is 2.57. The standard InChI is InChI=1S/C15H25N3O6/c1-8(2)12(16)14(22)18-7-3-4-10(18)13(21)17-9(15(23)24)5-6-11(19)20/h8-10,12H,3-7,16H2,1-2H3,(H,17,21)(H,19,20)(H,23,24)/t9-,10-,12-/m0/s1. The first-order chi connectivity index (χ1) is 11.1. The van der Waals surface area contributed by atoms with E-state index in [4.69, 9.17) is 15.9 Å². The van der Waals surface area contributed by atoms with E-state index in [0.29, 0.717) is 19.4 Å². The average molecular weight is 343 g/mol. The Morgan fingerprint density at radius 3 is 2.38 bits per heavy atom. The molecule has 1 saturated heterocycles. The van der Waals surface area contributed by atoms with Crippen LogP contribution in [0.3, 0.4) is 0 Å². The normalized spacial score (nSPS) is 19.8. The topological polar surface area (TPSA) is 150 Å². The van der Waals surface area contributed by atoms with Gasteiger partial charge in [-0.15, -0.1) is 0 Å². The lowest BCUT2D eigenvalue weighted by Gasteiger charge is -2.28. The molecule has 0 bridgehead atoms. The molecule has 1 heterocycles. The minimum atomic E-state index is -1.31. The van der Waals surface area contributed by atoms with E-state index in [0.717, 1.165) is 0 Å². The number of nitrogens with zero attached hydrogens (tertiary/aromatic N) is 1. The summed E-state index contributed by atoms with van der Waals surface area (Å²) in [6.07, 6.45) is 0.459. The molecule has 1 rings (SSSR count). The summed E-state index contributed by atoms with van der Waals surface area (Å²) in [7, 11) is 0. The zero-order chi connectivity index (χ0) is 18.4. The summed E-state index contributed by atoms with van der Waals surface area (Å²) >= 11 is 0. The van der Waals surface area contributed by atoms with Crippen molar-refractivity contribution in [3.63, 3.8) is 0 Å². The van der Waals surface area contributed by atoms with E-state index in [1.165, 1.54) is 4.90 Å². The highest BCUT2D eigenvalue weighted by molar-refractivity contribution is 5.92. The van der Waals surface area contributed by atoms with Crippen molar-refractivity contribution in [3.8, 4) is 0 Å². The Morgan fingerprint density at radius 2 is 1.88 bits per heavy atom. The third kappa shape index (κ3) is 5.19. The summed E-state index contributed by atoms with van der Waals surface area (Å²) < 4.78 is 0. The minimum absolute atomic E-state index is 0.0795. The van der Waals surface area contributed by atoms with E-state index >= 15 is 0 Å². The summed E-state index contributed by atoms with van der Waals surface area (Å²) in [5, 5.41) is 20.1. The van der Waals surface area contributed by atoms with E-state index in [2.05, 4.69) is 5.32 Å². The molecule has 0 saturated carbocycles. The number of likely N-dealkylation sites (tertiary alicyclic amines) is 1. The second-order valence-electron chi connectivity index (χ2n) is 6.29. The highest BCUT2D eigenvalue weighted by atomic mass is 16.4. The summed E-state index contributed by atoms with van der Waals surface area (Å²) in [5.41, 5.74) is 5.85. The first-order valence-electron chi connectivity index (χ1n) is 7.96. The first kappa shape index (κ1) is 19.9. The van der Waals surface area contributed by atoms with Crippen molar-refractivity contribution in [1.29, 1.82) is 0 Å². The minimum Gasteiger partial charge on any atom is -0.481 e. The summed E-state index contributed by atoms with van der Waals surface area (Å²) in [5.74, 6) is -3.45. The molecule has 0 aliphatic carbocycles. The zero-order valence-corrected chi connectivity index (χ0v) is 13.9. The predicted octanol–water partition coefficient (Wildman–Crippen LogP) is -0.605. The van der Waals surface area contributed by atoms with Crippen LogP contribution >= 0.6 is 0 Å². The Balaban J connectivity index is 2.75. The van der Waals surface area contributed by atoms with Gasteiger partial charge in [-0.25, -0.2) is 4.79 Å². The van der Waals surface area contributed by atoms with Gasteiger partial charge in [0.25, 0.3) is 0 Å². The second-order valence-corrected chi connectivity index (χ2v) is 6.29. The third-order valence-corrected chi connectivity index (χ3v) is 4.10. The molecule has 1 fully saturated rings. The number of nitrogens with two attached hydrogens (primary N) is 1. The third-order valence-electron chi connectivity index (χ3n) is 4.10. The van der Waals surface area contributed by atoms with Crippen molar-refractivity contribution < 1.29 is 29.4 Å². The number of rotatable bonds is 8. The van der Waals surface area contributed by atoms with Crippen molar-refractivity contribution in [2.45, 2.75) is 57.7 Å². The van der Waals surface area contributed by atoms with E-state index in [1.54, 1.807) is 13.8 Å². The maximum Gasteiger partial charge on any atom is 0.326 e. The molecule has 5 N–H and O–H groups in total. The number of carboxylic acid groups (broad SMARTS) is 2. The Bertz CT molecular complexity index is 507. The van der Waals surface area contributed by atoms with Crippen molar-refractivity contribution in [3.05, 3.63) is 0 Å². The van der Waals surface area contributed by atoms with Gasteiger partial charge in [-0.3, -0.25) is 14.4 Å². The van der Waals surface area contributed by atoms with Gasteiger partial charge < -0.3 is 26.2 Å². The lowest BCUT2D eigenvalue weighted by molar-refractivity contribution is -0.145. The largest absolute Gasteiger partial charge is 0.481 e. The molecule has 9 nitrogen and oxygen atoms in total. The molecule has 0 aromatic heterocycles. The van der Waals surface area contributed by atoms with Crippen LogP contribution in [-0.4, -0.2) is 63.5 Å². The molecule has 24 heavy (non-hydrogen) atoms. The first-order valence-corrected chi connectivity index (χ1v) is 7.96. The number of carbonyl (C=O) groups excluding carboxylic acids is 2. The molecule has 9 heteroatoms. The van der Waals surface area contributed by atoms with Gasteiger partial charge in [0.15, 0.2) is 0 Å². The molecule has 0 unspecified atom stereocenters. The lowest BCUT2D eigenvalue weighted by Crippen LogP contribution is -2.54. The maximum absolute atomic E-state index is 12.4. The number of carboxylic acids is 2. The average Bonchev–Trinajstić information content (AvgIpc) is 2.98. The Kier molecular flexibility index (Phi) is 7.15. The lowest BCUT2D eigenvalue weighted by atomic mass is 10.0. The molecule has 0 spiro atoms. The van der Waals surface area contributed by atoms with Gasteiger partial charge in [0.1, 0.15) is 12.1 Å². The SMILES string of the molecule is CC(C)[C@H](N)C(=O)N1CCC[C@H]1C(=O)N[C@@H](CCC(=O)O)C(=O)O. The van der Waals surface area contributed by atoms with Crippen molar-refractivity contribution in [2.75, 3.05) is 6.54 Å². The molecular formula is C15H25N3O6. The fourth-order valence-electron chi connectivity index (χ4n) is 2.57. The zero-order valence-electron chi connectivity index (χ0n) is 13.9. The fraction of sp³-hybridized carbons (Fsp3) is 0.733. The van der Waals surface area contributed by atoms with Gasteiger partial charge in [0.2, 0.25) is 11.8 Å². The Labute approximate surface area is 140 Å². The van der Waals surface area contributed by atoms with Crippen LogP contribution in [0, 0.1) is 5.92 Å². The molecular weight excluding hydrogens is 318 g/mol. The maximum atomic E-state index is 12.4. The van der Waals surface area contributed by atoms with Gasteiger partial charge in [0, 0.05) is 13.0 Å². The smallest absolute Gasteiger partial charge is 0.326 e. The van der Waals surface area contributed by atoms with Gasteiger partial charge in [0.05, 0.1) is 6.04 Å². The van der Waals surface area contributed by atoms with Crippen LogP contribution in [0.1, 0.15) is 39.5 Å². The molecule has 0 radical (unpaired) electrons. The van der Waals surface area contributed by atoms with Crippen LogP contribution in [0.4, 0.5) is 0 Å². The summed E-state index contributed by atoms with van der Waals surface area (Å²) in [6, 6.07) is -2.79. The summed E-state index contributed by atoms with van der Waals surface area (Å²) in [6.45, 7) is 4.00. The number of hydrogen-bond acceptors (Lipinski definition) is 5. The Hall–Kier alpha value is -2.16. The van der Waals surface area contributed by atoms with Gasteiger partial charge in [-0.2, -0.15) is 0 Å². The van der Waals surface area contributed by atoms with E-state index in [-0.39, 0.29) is 24.7 Å². The molecule has 1 aliphatic heterocycles. The number of nitrogens with one attached hydrogen (secondary N) is 1. The van der Waals surface area contributed by atoms with Crippen LogP contribution in [0.15, 0.2) is 0 Å². The molecule has 3 atom stereocenters. The van der Waals surface area contributed by atoms with Crippen molar-refractivity contribution in [2.24, 2.45) is 11.7 Å². The van der Waals surface area contributed by atoms with Gasteiger partial charge in [-0.05, 0) is 25.2 Å². The van der Waals surface area contributed by atoms with Crippen LogP contribution < -0.4 is 11.1 Å². The highest BCUT2D eigenvalue weighted by Gasteiger charge is 2.38. The van der Waals surface area contributed by atoms with Crippen LogP contribution in [-0.2, 0) is 19.2 Å². The second kappa shape index (κ2) is 8.62. The quantitative estimate of drug-likeness (QED) is 0.459. The number of hydrogen-bond donors (Lipinski definition) is 4. The monoisotopic (exact) mass is 343 g/mol. The van der Waals surface area contributed by atoms with Crippen molar-refractivity contribution >= 4 is 23.8 Å². The molecule has 0 aromatic rings. The van der Waals surface area contributed by atoms with Gasteiger partial charge in [-0.1, -0.05) is 13.8 Å². The van der Waals surface area contributed by atoms with Crippen LogP contribution in [0.2, 0.25) is 0 Å². The number of aliphatic carboxylic acids is 2. The molecule has 136 valence electrons. The predicted molar refractivity (Wildman–Crippen MR) is 84.0 cm³/mol. The van der Waals surface area contributed by atoms with E-state index in [1.807, 2.05) is 0 Å². The van der Waals surface area contributed by atoms with E-state index in [9.17, 15) is 19.2 Å². The van der Waals surface area contributed by atoms with Crippen LogP contribution in [0.5, 0.6) is 0 Å². The molecule has 2 amide bonds. The van der Waals surface area contributed by atoms with Crippen molar-refractivity contribution in [1.82, 2.24) is 10.2 Å². The molecule has 1 aliphatic rings. The highest BCUT2D eigenvalue weighted by Crippen LogP contribution is 2.20. The van der Waals surface area contributed by atoms with E-state index < -0.39 is 36.0 Å².